The van der Waals surface area contributed by atoms with Crippen molar-refractivity contribution in [1.29, 1.82) is 0 Å². The number of anilines is 1. The molecule has 1 N–H and O–H groups in total. The van der Waals surface area contributed by atoms with Gasteiger partial charge in [-0.1, -0.05) is 29.6 Å². The fraction of sp³-hybridized carbons (Fsp3) is 0.571. The first kappa shape index (κ1) is 16.6. The highest BCUT2D eigenvalue weighted by Gasteiger charge is 2.27. The van der Waals surface area contributed by atoms with Gasteiger partial charge in [-0.2, -0.15) is 0 Å². The van der Waals surface area contributed by atoms with Gasteiger partial charge < -0.3 is 10.1 Å². The summed E-state index contributed by atoms with van der Waals surface area (Å²) in [7, 11) is 0. The molecule has 0 fully saturated rings. The van der Waals surface area contributed by atoms with Crippen molar-refractivity contribution in [2.24, 2.45) is 0 Å². The quantitative estimate of drug-likeness (QED) is 0.508. The summed E-state index contributed by atoms with van der Waals surface area (Å²) in [5.41, 5.74) is 1.48. The molecule has 1 heterocycles. The van der Waals surface area contributed by atoms with Crippen molar-refractivity contribution >= 4 is 51.4 Å². The first-order valence-corrected chi connectivity index (χ1v) is 8.64. The highest BCUT2D eigenvalue weighted by atomic mass is 35.5. The summed E-state index contributed by atoms with van der Waals surface area (Å²) < 4.78 is 5.13. The van der Waals surface area contributed by atoms with Crippen molar-refractivity contribution in [2.45, 2.75) is 43.9 Å². The minimum atomic E-state index is -1.16. The Labute approximate surface area is 137 Å². The van der Waals surface area contributed by atoms with Gasteiger partial charge in [0.05, 0.1) is 12.2 Å². The van der Waals surface area contributed by atoms with E-state index in [1.165, 1.54) is 11.3 Å². The van der Waals surface area contributed by atoms with Crippen molar-refractivity contribution in [3.05, 3.63) is 16.0 Å². The van der Waals surface area contributed by atoms with Crippen LogP contribution in [0.2, 0.25) is 0 Å². The molecule has 0 unspecified atom stereocenters. The molecule has 1 aliphatic carbocycles. The maximum atomic E-state index is 12.2. The Balaban J connectivity index is 2.38. The van der Waals surface area contributed by atoms with Crippen LogP contribution in [0.5, 0.6) is 0 Å². The second kappa shape index (κ2) is 7.47. The molecule has 21 heavy (non-hydrogen) atoms. The van der Waals surface area contributed by atoms with Crippen LogP contribution in [0.1, 0.15) is 47.0 Å². The molecule has 7 heteroatoms. The van der Waals surface area contributed by atoms with E-state index in [4.69, 9.17) is 27.9 Å². The molecular formula is C14H17Cl2NO3S. The van der Waals surface area contributed by atoms with Crippen molar-refractivity contribution in [2.75, 3.05) is 11.9 Å². The Hall–Kier alpha value is -0.780. The summed E-state index contributed by atoms with van der Waals surface area (Å²) in [6.45, 7) is 2.05. The van der Waals surface area contributed by atoms with Crippen molar-refractivity contribution in [3.8, 4) is 0 Å². The number of alkyl halides is 2. The molecule has 1 amide bonds. The molecule has 0 aromatic carbocycles. The summed E-state index contributed by atoms with van der Waals surface area (Å²) in [5, 5.41) is 3.14. The van der Waals surface area contributed by atoms with Gasteiger partial charge in [0.1, 0.15) is 5.00 Å². The van der Waals surface area contributed by atoms with E-state index in [9.17, 15) is 9.59 Å². The van der Waals surface area contributed by atoms with Crippen LogP contribution < -0.4 is 5.32 Å². The Kier molecular flexibility index (Phi) is 5.90. The lowest BCUT2D eigenvalue weighted by Crippen LogP contribution is -2.20. The Morgan fingerprint density at radius 3 is 2.67 bits per heavy atom. The molecule has 0 saturated heterocycles. The molecule has 0 radical (unpaired) electrons. The van der Waals surface area contributed by atoms with Gasteiger partial charge >= 0.3 is 5.97 Å². The fourth-order valence-corrected chi connectivity index (χ4v) is 3.81. The van der Waals surface area contributed by atoms with E-state index in [-0.39, 0.29) is 0 Å². The number of esters is 1. The zero-order chi connectivity index (χ0) is 15.4. The number of carbonyl (C=O) groups excluding carboxylic acids is 2. The van der Waals surface area contributed by atoms with Gasteiger partial charge in [0.25, 0.3) is 5.91 Å². The van der Waals surface area contributed by atoms with Gasteiger partial charge in [-0.15, -0.1) is 11.3 Å². The van der Waals surface area contributed by atoms with Crippen LogP contribution in [0, 0.1) is 0 Å². The number of thiophene rings is 1. The number of hydrogen-bond acceptors (Lipinski definition) is 4. The standard InChI is InChI=1S/C14H17Cl2NO3S/c1-2-20-14(19)10-8-6-4-3-5-7-9(8)21-13(10)17-12(18)11(15)16/h11H,2-7H2,1H3,(H,17,18). The maximum absolute atomic E-state index is 12.2. The lowest BCUT2D eigenvalue weighted by atomic mass is 10.1. The average Bonchev–Trinajstić information content (AvgIpc) is 2.61. The third-order valence-corrected chi connectivity index (χ3v) is 4.94. The van der Waals surface area contributed by atoms with Gasteiger partial charge in [0.15, 0.2) is 4.84 Å². The van der Waals surface area contributed by atoms with E-state index in [2.05, 4.69) is 5.32 Å². The van der Waals surface area contributed by atoms with E-state index < -0.39 is 16.7 Å². The van der Waals surface area contributed by atoms with Gasteiger partial charge in [0, 0.05) is 4.88 Å². The normalized spacial score (nSPS) is 14.5. The van der Waals surface area contributed by atoms with Gasteiger partial charge in [0.2, 0.25) is 0 Å². The first-order chi connectivity index (χ1) is 10.0. The predicted octanol–water partition coefficient (Wildman–Crippen LogP) is 3.94. The van der Waals surface area contributed by atoms with Gasteiger partial charge in [-0.25, -0.2) is 4.79 Å². The highest BCUT2D eigenvalue weighted by Crippen LogP contribution is 2.38. The largest absolute Gasteiger partial charge is 0.462 e. The molecule has 0 saturated carbocycles. The number of fused-ring (bicyclic) bond motifs is 1. The number of nitrogens with one attached hydrogen (secondary N) is 1. The fourth-order valence-electron chi connectivity index (χ4n) is 2.42. The predicted molar refractivity (Wildman–Crippen MR) is 85.7 cm³/mol. The number of hydrogen-bond donors (Lipinski definition) is 1. The number of carbonyl (C=O) groups is 2. The Morgan fingerprint density at radius 1 is 1.29 bits per heavy atom. The van der Waals surface area contributed by atoms with Crippen LogP contribution >= 0.6 is 34.5 Å². The highest BCUT2D eigenvalue weighted by molar-refractivity contribution is 7.17. The van der Waals surface area contributed by atoms with E-state index >= 15 is 0 Å². The minimum Gasteiger partial charge on any atom is -0.462 e. The Morgan fingerprint density at radius 2 is 2.00 bits per heavy atom. The topological polar surface area (TPSA) is 55.4 Å². The molecule has 1 aliphatic rings. The van der Waals surface area contributed by atoms with Crippen molar-refractivity contribution in [1.82, 2.24) is 0 Å². The molecule has 116 valence electrons. The first-order valence-electron chi connectivity index (χ1n) is 6.95. The lowest BCUT2D eigenvalue weighted by molar-refractivity contribution is -0.114. The second-order valence-corrected chi connectivity index (χ2v) is 6.98. The number of amides is 1. The summed E-state index contributed by atoms with van der Waals surface area (Å²) in [4.78, 5) is 23.9. The van der Waals surface area contributed by atoms with E-state index in [1.54, 1.807) is 6.92 Å². The summed E-state index contributed by atoms with van der Waals surface area (Å²) in [6.07, 6.45) is 5.04. The van der Waals surface area contributed by atoms with Crippen molar-refractivity contribution in [3.63, 3.8) is 0 Å². The number of ether oxygens (including phenoxy) is 1. The molecular weight excluding hydrogens is 333 g/mol. The number of halogens is 2. The van der Waals surface area contributed by atoms with Crippen LogP contribution in [-0.4, -0.2) is 23.3 Å². The second-order valence-electron chi connectivity index (χ2n) is 4.78. The van der Waals surface area contributed by atoms with Crippen LogP contribution in [0.15, 0.2) is 0 Å². The van der Waals surface area contributed by atoms with Crippen molar-refractivity contribution < 1.29 is 14.3 Å². The molecule has 1 aromatic rings. The molecule has 0 atom stereocenters. The maximum Gasteiger partial charge on any atom is 0.341 e. The van der Waals surface area contributed by atoms with E-state index in [0.717, 1.165) is 42.5 Å². The average molecular weight is 350 g/mol. The lowest BCUT2D eigenvalue weighted by Gasteiger charge is -2.08. The summed E-state index contributed by atoms with van der Waals surface area (Å²) in [5.74, 6) is -0.923. The molecule has 1 aromatic heterocycles. The summed E-state index contributed by atoms with van der Waals surface area (Å²) >= 11 is 12.6. The molecule has 0 aliphatic heterocycles. The van der Waals surface area contributed by atoms with Gasteiger partial charge in [-0.05, 0) is 38.2 Å². The summed E-state index contributed by atoms with van der Waals surface area (Å²) in [6, 6.07) is 0. The third-order valence-electron chi connectivity index (χ3n) is 3.34. The van der Waals surface area contributed by atoms with Crippen LogP contribution in [0.25, 0.3) is 0 Å². The Bertz CT molecular complexity index is 543. The number of aryl methyl sites for hydroxylation is 1. The molecule has 2 rings (SSSR count). The zero-order valence-electron chi connectivity index (χ0n) is 11.7. The SMILES string of the molecule is CCOC(=O)c1c(NC(=O)C(Cl)Cl)sc2c1CCCCC2. The number of rotatable bonds is 4. The van der Waals surface area contributed by atoms with Crippen LogP contribution in [-0.2, 0) is 22.4 Å². The minimum absolute atomic E-state index is 0.296. The zero-order valence-corrected chi connectivity index (χ0v) is 14.0. The monoisotopic (exact) mass is 349 g/mol. The molecule has 0 bridgehead atoms. The van der Waals surface area contributed by atoms with E-state index in [0.29, 0.717) is 17.2 Å². The third kappa shape index (κ3) is 3.90. The van der Waals surface area contributed by atoms with Crippen LogP contribution in [0.4, 0.5) is 5.00 Å². The van der Waals surface area contributed by atoms with E-state index in [1.807, 2.05) is 0 Å². The molecule has 4 nitrogen and oxygen atoms in total. The van der Waals surface area contributed by atoms with Crippen LogP contribution in [0.3, 0.4) is 0 Å². The molecule has 0 spiro atoms. The van der Waals surface area contributed by atoms with Gasteiger partial charge in [-0.3, -0.25) is 4.79 Å². The smallest absolute Gasteiger partial charge is 0.341 e.